The van der Waals surface area contributed by atoms with Crippen molar-refractivity contribution in [1.82, 2.24) is 25.1 Å². The van der Waals surface area contributed by atoms with Gasteiger partial charge in [0.15, 0.2) is 10.8 Å². The van der Waals surface area contributed by atoms with E-state index in [0.29, 0.717) is 26.2 Å². The summed E-state index contributed by atoms with van der Waals surface area (Å²) in [5, 5.41) is 12.3. The fourth-order valence-corrected chi connectivity index (χ4v) is 3.04. The Morgan fingerprint density at radius 2 is 2.24 bits per heavy atom. The summed E-state index contributed by atoms with van der Waals surface area (Å²) in [5.74, 6) is 2.04. The van der Waals surface area contributed by atoms with E-state index in [-0.39, 0.29) is 11.8 Å². The Morgan fingerprint density at radius 1 is 1.40 bits per heavy atom. The van der Waals surface area contributed by atoms with Gasteiger partial charge in [0.1, 0.15) is 5.82 Å². The van der Waals surface area contributed by atoms with E-state index in [4.69, 9.17) is 4.74 Å². The summed E-state index contributed by atoms with van der Waals surface area (Å²) in [4.78, 5) is 21.0. The predicted octanol–water partition coefficient (Wildman–Crippen LogP) is 1.52. The molecule has 1 amide bonds. The molecule has 0 spiro atoms. The lowest BCUT2D eigenvalue weighted by Gasteiger charge is -2.09. The number of fused-ring (bicyclic) bond motifs is 1. The fourth-order valence-electron chi connectivity index (χ4n) is 2.47. The van der Waals surface area contributed by atoms with Crippen molar-refractivity contribution in [2.45, 2.75) is 31.5 Å². The van der Waals surface area contributed by atoms with Gasteiger partial charge in [-0.2, -0.15) is 5.10 Å². The topological polar surface area (TPSA) is 94.0 Å². The third-order valence-corrected chi connectivity index (χ3v) is 4.65. The minimum atomic E-state index is 0.148. The van der Waals surface area contributed by atoms with Crippen LogP contribution in [0.5, 0.6) is 0 Å². The minimum Gasteiger partial charge on any atom is -0.383 e. The van der Waals surface area contributed by atoms with E-state index in [1.165, 1.54) is 0 Å². The summed E-state index contributed by atoms with van der Waals surface area (Å²) in [6.07, 6.45) is 3.79. The highest BCUT2D eigenvalue weighted by Gasteiger charge is 2.29. The lowest BCUT2D eigenvalue weighted by atomic mass is 10.4. The molecule has 2 aromatic heterocycles. The Labute approximate surface area is 151 Å². The van der Waals surface area contributed by atoms with Gasteiger partial charge in [0.2, 0.25) is 5.91 Å². The third-order valence-electron chi connectivity index (χ3n) is 3.92. The fraction of sp³-hybridized carbons (Fsp3) is 0.625. The third kappa shape index (κ3) is 4.60. The van der Waals surface area contributed by atoms with Gasteiger partial charge in [0.25, 0.3) is 0 Å². The number of hydrogen-bond acceptors (Lipinski definition) is 7. The van der Waals surface area contributed by atoms with E-state index < -0.39 is 0 Å². The van der Waals surface area contributed by atoms with Crippen molar-refractivity contribution in [2.75, 3.05) is 37.9 Å². The van der Waals surface area contributed by atoms with E-state index in [1.807, 2.05) is 4.68 Å². The highest BCUT2D eigenvalue weighted by Crippen LogP contribution is 2.28. The highest BCUT2D eigenvalue weighted by molar-refractivity contribution is 7.99. The number of aromatic nitrogens is 4. The van der Waals surface area contributed by atoms with Crippen LogP contribution >= 0.6 is 11.8 Å². The molecule has 1 aliphatic rings. The normalized spacial score (nSPS) is 14.0. The minimum absolute atomic E-state index is 0.148. The highest BCUT2D eigenvalue weighted by atomic mass is 32.2. The Morgan fingerprint density at radius 3 is 2.96 bits per heavy atom. The molecular weight excluding hydrogens is 340 g/mol. The smallest absolute Gasteiger partial charge is 0.223 e. The predicted molar refractivity (Wildman–Crippen MR) is 97.8 cm³/mol. The largest absolute Gasteiger partial charge is 0.383 e. The number of carbonyl (C=O) groups is 1. The molecule has 136 valence electrons. The van der Waals surface area contributed by atoms with Crippen molar-refractivity contribution >= 4 is 34.5 Å². The Balaban J connectivity index is 1.74. The van der Waals surface area contributed by atoms with Gasteiger partial charge < -0.3 is 15.4 Å². The average Bonchev–Trinajstić information content (AvgIpc) is 3.38. The average molecular weight is 364 g/mol. The molecule has 0 aliphatic heterocycles. The summed E-state index contributed by atoms with van der Waals surface area (Å²) in [5.41, 5.74) is 0.784. The molecule has 1 aliphatic carbocycles. The van der Waals surface area contributed by atoms with Gasteiger partial charge in [-0.3, -0.25) is 4.79 Å². The molecule has 1 saturated carbocycles. The number of hydrogen-bond donors (Lipinski definition) is 2. The van der Waals surface area contributed by atoms with Crippen LogP contribution in [0.1, 0.15) is 19.8 Å². The maximum atomic E-state index is 11.7. The van der Waals surface area contributed by atoms with Crippen LogP contribution in [-0.2, 0) is 16.1 Å². The lowest BCUT2D eigenvalue weighted by Crippen LogP contribution is -2.28. The van der Waals surface area contributed by atoms with Crippen molar-refractivity contribution < 1.29 is 9.53 Å². The standard InChI is InChI=1S/C16H24N6O2S/c1-3-25-16-20-13(17-7-9-24-2)12-10-19-22(14(12)21-16)8-6-18-15(23)11-4-5-11/h10-11H,3-9H2,1-2H3,(H,18,23)(H,17,20,21). The van der Waals surface area contributed by atoms with Gasteiger partial charge in [-0.1, -0.05) is 18.7 Å². The van der Waals surface area contributed by atoms with E-state index in [1.54, 1.807) is 25.1 Å². The first-order chi connectivity index (χ1) is 12.2. The van der Waals surface area contributed by atoms with Crippen molar-refractivity contribution in [2.24, 2.45) is 5.92 Å². The summed E-state index contributed by atoms with van der Waals surface area (Å²) in [6.45, 7) is 4.48. The molecule has 0 aromatic carbocycles. The number of anilines is 1. The van der Waals surface area contributed by atoms with Crippen LogP contribution in [0.4, 0.5) is 5.82 Å². The molecule has 0 atom stereocenters. The second-order valence-corrected chi connectivity index (χ2v) is 7.11. The Kier molecular flexibility index (Phi) is 6.09. The maximum absolute atomic E-state index is 11.7. The van der Waals surface area contributed by atoms with Crippen LogP contribution in [0.15, 0.2) is 11.4 Å². The monoisotopic (exact) mass is 364 g/mol. The van der Waals surface area contributed by atoms with Gasteiger partial charge in [-0.05, 0) is 18.6 Å². The molecule has 9 heteroatoms. The molecule has 0 saturated heterocycles. The van der Waals surface area contributed by atoms with Crippen molar-refractivity contribution in [3.8, 4) is 0 Å². The zero-order valence-electron chi connectivity index (χ0n) is 14.6. The molecule has 0 unspecified atom stereocenters. The van der Waals surface area contributed by atoms with Crippen LogP contribution in [0.2, 0.25) is 0 Å². The Hall–Kier alpha value is -1.87. The molecule has 0 bridgehead atoms. The van der Waals surface area contributed by atoms with E-state index in [0.717, 1.165) is 40.6 Å². The number of thioether (sulfide) groups is 1. The summed E-state index contributed by atoms with van der Waals surface area (Å²) in [6, 6.07) is 0. The molecular formula is C16H24N6O2S. The molecule has 3 rings (SSSR count). The number of ether oxygens (including phenoxy) is 1. The van der Waals surface area contributed by atoms with Crippen molar-refractivity contribution in [3.05, 3.63) is 6.20 Å². The number of nitrogens with zero attached hydrogens (tertiary/aromatic N) is 4. The molecule has 8 nitrogen and oxygen atoms in total. The Bertz CT molecular complexity index is 731. The van der Waals surface area contributed by atoms with E-state index in [9.17, 15) is 4.79 Å². The van der Waals surface area contributed by atoms with Crippen LogP contribution in [-0.4, -0.2) is 58.2 Å². The van der Waals surface area contributed by atoms with Crippen molar-refractivity contribution in [3.63, 3.8) is 0 Å². The molecule has 25 heavy (non-hydrogen) atoms. The second kappa shape index (κ2) is 8.48. The first-order valence-corrected chi connectivity index (χ1v) is 9.58. The SMILES string of the molecule is CCSc1nc(NCCOC)c2cnn(CCNC(=O)C3CC3)c2n1. The van der Waals surface area contributed by atoms with Gasteiger partial charge in [-0.15, -0.1) is 0 Å². The number of carbonyl (C=O) groups excluding carboxylic acids is 1. The van der Waals surface area contributed by atoms with Crippen LogP contribution in [0.25, 0.3) is 11.0 Å². The zero-order valence-corrected chi connectivity index (χ0v) is 15.4. The second-order valence-electron chi connectivity index (χ2n) is 5.88. The lowest BCUT2D eigenvalue weighted by molar-refractivity contribution is -0.122. The quantitative estimate of drug-likeness (QED) is 0.375. The van der Waals surface area contributed by atoms with Gasteiger partial charge >= 0.3 is 0 Å². The molecule has 2 heterocycles. The molecule has 2 aromatic rings. The summed E-state index contributed by atoms with van der Waals surface area (Å²) in [7, 11) is 1.67. The number of amides is 1. The molecule has 1 fully saturated rings. The molecule has 0 radical (unpaired) electrons. The van der Waals surface area contributed by atoms with Crippen LogP contribution in [0.3, 0.4) is 0 Å². The summed E-state index contributed by atoms with van der Waals surface area (Å²) < 4.78 is 6.91. The number of methoxy groups -OCH3 is 1. The van der Waals surface area contributed by atoms with E-state index >= 15 is 0 Å². The van der Waals surface area contributed by atoms with Crippen LogP contribution in [0, 0.1) is 5.92 Å². The van der Waals surface area contributed by atoms with Crippen molar-refractivity contribution in [1.29, 1.82) is 0 Å². The van der Waals surface area contributed by atoms with Gasteiger partial charge in [0.05, 0.1) is 24.7 Å². The zero-order chi connectivity index (χ0) is 17.6. The molecule has 2 N–H and O–H groups in total. The first-order valence-electron chi connectivity index (χ1n) is 8.59. The van der Waals surface area contributed by atoms with Crippen LogP contribution < -0.4 is 10.6 Å². The van der Waals surface area contributed by atoms with Gasteiger partial charge in [-0.25, -0.2) is 14.6 Å². The number of nitrogens with one attached hydrogen (secondary N) is 2. The number of rotatable bonds is 10. The van der Waals surface area contributed by atoms with E-state index in [2.05, 4.69) is 32.6 Å². The summed E-state index contributed by atoms with van der Waals surface area (Å²) >= 11 is 1.59. The first kappa shape index (κ1) is 17.9. The van der Waals surface area contributed by atoms with Gasteiger partial charge in [0, 0.05) is 26.1 Å². The maximum Gasteiger partial charge on any atom is 0.223 e.